The van der Waals surface area contributed by atoms with Crippen LogP contribution in [0.4, 0.5) is 0 Å². The number of nitrogens with one attached hydrogen (secondary N) is 1. The van der Waals surface area contributed by atoms with Crippen LogP contribution in [0.25, 0.3) is 0 Å². The van der Waals surface area contributed by atoms with Gasteiger partial charge in [0.1, 0.15) is 6.73 Å². The number of carbonyl (C=O) groups is 1. The van der Waals surface area contributed by atoms with Crippen molar-refractivity contribution in [1.82, 2.24) is 5.32 Å². The van der Waals surface area contributed by atoms with Gasteiger partial charge in [-0.3, -0.25) is 4.79 Å². The van der Waals surface area contributed by atoms with Crippen LogP contribution in [0.1, 0.15) is 15.9 Å². The molecule has 1 aromatic rings. The van der Waals surface area contributed by atoms with Crippen LogP contribution < -0.4 is 5.32 Å². The van der Waals surface area contributed by atoms with E-state index in [2.05, 4.69) is 5.32 Å². The van der Waals surface area contributed by atoms with Gasteiger partial charge in [0, 0.05) is 19.8 Å². The summed E-state index contributed by atoms with van der Waals surface area (Å²) in [5.74, 6) is -0.149. The Bertz CT molecular complexity index is 325. The van der Waals surface area contributed by atoms with Gasteiger partial charge >= 0.3 is 0 Å². The fraction of sp³-hybridized carbons (Fsp3) is 0.364. The van der Waals surface area contributed by atoms with E-state index < -0.39 is 0 Å². The topological polar surface area (TPSA) is 47.6 Å². The molecule has 0 heterocycles. The summed E-state index contributed by atoms with van der Waals surface area (Å²) >= 11 is 0. The number of methoxy groups -OCH3 is 2. The highest BCUT2D eigenvalue weighted by Gasteiger charge is 2.09. The van der Waals surface area contributed by atoms with Crippen molar-refractivity contribution in [2.45, 2.75) is 6.61 Å². The minimum absolute atomic E-state index is 0.149. The van der Waals surface area contributed by atoms with Crippen LogP contribution in [0.15, 0.2) is 24.3 Å². The smallest absolute Gasteiger partial charge is 0.253 e. The van der Waals surface area contributed by atoms with Gasteiger partial charge in [0.05, 0.1) is 6.61 Å². The molecule has 1 rings (SSSR count). The van der Waals surface area contributed by atoms with E-state index in [0.29, 0.717) is 12.2 Å². The monoisotopic (exact) mass is 209 g/mol. The summed E-state index contributed by atoms with van der Waals surface area (Å²) in [5, 5.41) is 2.63. The lowest BCUT2D eigenvalue weighted by molar-refractivity contribution is 0.0867. The molecule has 0 aliphatic heterocycles. The van der Waals surface area contributed by atoms with Crippen molar-refractivity contribution in [3.05, 3.63) is 35.4 Å². The molecule has 0 spiro atoms. The van der Waals surface area contributed by atoms with Crippen molar-refractivity contribution in [3.63, 3.8) is 0 Å². The number of ether oxygens (including phenoxy) is 2. The molecule has 0 saturated carbocycles. The second kappa shape index (κ2) is 6.16. The van der Waals surface area contributed by atoms with Crippen LogP contribution in [0.2, 0.25) is 0 Å². The van der Waals surface area contributed by atoms with Crippen molar-refractivity contribution in [2.75, 3.05) is 21.0 Å². The first-order chi connectivity index (χ1) is 7.29. The number of benzene rings is 1. The van der Waals surface area contributed by atoms with Gasteiger partial charge in [-0.05, 0) is 11.6 Å². The molecule has 4 heteroatoms. The maximum atomic E-state index is 11.7. The first kappa shape index (κ1) is 11.7. The molecular weight excluding hydrogens is 194 g/mol. The molecule has 0 aliphatic rings. The molecular formula is C11H15NO3. The number of hydrogen-bond acceptors (Lipinski definition) is 3. The fourth-order valence-corrected chi connectivity index (χ4v) is 1.26. The molecule has 0 aliphatic carbocycles. The molecule has 0 bridgehead atoms. The van der Waals surface area contributed by atoms with Crippen molar-refractivity contribution in [2.24, 2.45) is 0 Å². The maximum absolute atomic E-state index is 11.7. The number of amides is 1. The zero-order chi connectivity index (χ0) is 11.1. The number of carbonyl (C=O) groups excluding carboxylic acids is 1. The standard InChI is InChI=1S/C11H15NO3/c1-14-7-9-5-3-4-6-10(9)11(13)12-8-15-2/h3-6H,7-8H2,1-2H3,(H,12,13). The van der Waals surface area contributed by atoms with Gasteiger partial charge in [-0.1, -0.05) is 18.2 Å². The molecule has 0 fully saturated rings. The quantitative estimate of drug-likeness (QED) is 0.740. The van der Waals surface area contributed by atoms with Crippen LogP contribution in [-0.4, -0.2) is 26.9 Å². The summed E-state index contributed by atoms with van der Waals surface area (Å²) in [6.07, 6.45) is 0. The van der Waals surface area contributed by atoms with E-state index in [9.17, 15) is 4.79 Å². The molecule has 0 radical (unpaired) electrons. The summed E-state index contributed by atoms with van der Waals surface area (Å²) in [6, 6.07) is 7.33. The lowest BCUT2D eigenvalue weighted by Gasteiger charge is -2.08. The minimum atomic E-state index is -0.149. The van der Waals surface area contributed by atoms with Gasteiger partial charge < -0.3 is 14.8 Å². The van der Waals surface area contributed by atoms with E-state index >= 15 is 0 Å². The molecule has 15 heavy (non-hydrogen) atoms. The Balaban J connectivity index is 2.77. The molecule has 1 amide bonds. The highest BCUT2D eigenvalue weighted by molar-refractivity contribution is 5.95. The van der Waals surface area contributed by atoms with E-state index in [-0.39, 0.29) is 12.6 Å². The largest absolute Gasteiger partial charge is 0.380 e. The Morgan fingerprint density at radius 1 is 1.27 bits per heavy atom. The van der Waals surface area contributed by atoms with Gasteiger partial charge in [-0.2, -0.15) is 0 Å². The Kier molecular flexibility index (Phi) is 4.80. The van der Waals surface area contributed by atoms with Crippen molar-refractivity contribution in [1.29, 1.82) is 0 Å². The Morgan fingerprint density at radius 3 is 2.67 bits per heavy atom. The van der Waals surface area contributed by atoms with Gasteiger partial charge in [-0.15, -0.1) is 0 Å². The highest BCUT2D eigenvalue weighted by Crippen LogP contribution is 2.09. The third kappa shape index (κ3) is 3.34. The summed E-state index contributed by atoms with van der Waals surface area (Å²) in [7, 11) is 3.13. The number of rotatable bonds is 5. The predicted molar refractivity (Wildman–Crippen MR) is 56.5 cm³/mol. The fourth-order valence-electron chi connectivity index (χ4n) is 1.26. The van der Waals surface area contributed by atoms with Crippen LogP contribution in [0.5, 0.6) is 0 Å². The summed E-state index contributed by atoms with van der Waals surface area (Å²) in [5.41, 5.74) is 1.49. The van der Waals surface area contributed by atoms with Gasteiger partial charge in [0.2, 0.25) is 0 Å². The second-order valence-corrected chi connectivity index (χ2v) is 3.03. The van der Waals surface area contributed by atoms with Crippen LogP contribution in [0, 0.1) is 0 Å². The number of hydrogen-bond donors (Lipinski definition) is 1. The normalized spacial score (nSPS) is 10.0. The van der Waals surface area contributed by atoms with Gasteiger partial charge in [0.15, 0.2) is 0 Å². The first-order valence-electron chi connectivity index (χ1n) is 4.63. The lowest BCUT2D eigenvalue weighted by Crippen LogP contribution is -2.26. The summed E-state index contributed by atoms with van der Waals surface area (Å²) < 4.78 is 9.78. The average Bonchev–Trinajstić information content (AvgIpc) is 2.27. The van der Waals surface area contributed by atoms with E-state index in [1.165, 1.54) is 7.11 Å². The lowest BCUT2D eigenvalue weighted by atomic mass is 10.1. The van der Waals surface area contributed by atoms with E-state index in [1.807, 2.05) is 18.2 Å². The highest BCUT2D eigenvalue weighted by atomic mass is 16.5. The van der Waals surface area contributed by atoms with Crippen molar-refractivity contribution < 1.29 is 14.3 Å². The summed E-state index contributed by atoms with van der Waals surface area (Å²) in [6.45, 7) is 0.636. The van der Waals surface area contributed by atoms with Gasteiger partial charge in [0.25, 0.3) is 5.91 Å². The molecule has 0 unspecified atom stereocenters. The first-order valence-corrected chi connectivity index (χ1v) is 4.63. The zero-order valence-electron chi connectivity index (χ0n) is 8.95. The van der Waals surface area contributed by atoms with Crippen molar-refractivity contribution in [3.8, 4) is 0 Å². The molecule has 0 atom stereocenters. The Hall–Kier alpha value is -1.39. The van der Waals surface area contributed by atoms with E-state index in [0.717, 1.165) is 5.56 Å². The molecule has 1 aromatic carbocycles. The zero-order valence-corrected chi connectivity index (χ0v) is 8.95. The summed E-state index contributed by atoms with van der Waals surface area (Å²) in [4.78, 5) is 11.7. The van der Waals surface area contributed by atoms with Crippen molar-refractivity contribution >= 4 is 5.91 Å². The Labute approximate surface area is 89.2 Å². The van der Waals surface area contributed by atoms with Crippen LogP contribution >= 0.6 is 0 Å². The molecule has 4 nitrogen and oxygen atoms in total. The third-order valence-electron chi connectivity index (χ3n) is 1.94. The predicted octanol–water partition coefficient (Wildman–Crippen LogP) is 1.17. The third-order valence-corrected chi connectivity index (χ3v) is 1.94. The molecule has 0 saturated heterocycles. The van der Waals surface area contributed by atoms with E-state index in [4.69, 9.17) is 9.47 Å². The minimum Gasteiger partial charge on any atom is -0.380 e. The maximum Gasteiger partial charge on any atom is 0.253 e. The molecule has 1 N–H and O–H groups in total. The average molecular weight is 209 g/mol. The van der Waals surface area contributed by atoms with Crippen LogP contribution in [0.3, 0.4) is 0 Å². The van der Waals surface area contributed by atoms with Gasteiger partial charge in [-0.25, -0.2) is 0 Å². The molecule has 0 aromatic heterocycles. The van der Waals surface area contributed by atoms with E-state index in [1.54, 1.807) is 13.2 Å². The second-order valence-electron chi connectivity index (χ2n) is 3.03. The molecule has 82 valence electrons. The SMILES string of the molecule is COCNC(=O)c1ccccc1COC. The Morgan fingerprint density at radius 2 is 2.00 bits per heavy atom. The van der Waals surface area contributed by atoms with Crippen LogP contribution in [-0.2, 0) is 16.1 Å².